The second-order valence-electron chi connectivity index (χ2n) is 6.75. The monoisotopic (exact) mass is 363 g/mol. The fourth-order valence-electron chi connectivity index (χ4n) is 3.18. The Morgan fingerprint density at radius 3 is 2.78 bits per heavy atom. The van der Waals surface area contributed by atoms with Crippen molar-refractivity contribution >= 4 is 5.91 Å². The maximum absolute atomic E-state index is 12.7. The van der Waals surface area contributed by atoms with Crippen molar-refractivity contribution < 1.29 is 14.1 Å². The van der Waals surface area contributed by atoms with Gasteiger partial charge in [0.2, 0.25) is 5.91 Å². The van der Waals surface area contributed by atoms with Gasteiger partial charge in [-0.2, -0.15) is 0 Å². The SMILES string of the molecule is COc1cccc(-c2cc(C3(C(=O)NCCc4ccncc4)CC3)no2)c1. The van der Waals surface area contributed by atoms with Crippen LogP contribution in [0.1, 0.15) is 24.1 Å². The first-order valence-electron chi connectivity index (χ1n) is 9.00. The lowest BCUT2D eigenvalue weighted by atomic mass is 10.00. The number of methoxy groups -OCH3 is 1. The average Bonchev–Trinajstić information content (AvgIpc) is 3.38. The van der Waals surface area contributed by atoms with Crippen LogP contribution >= 0.6 is 0 Å². The van der Waals surface area contributed by atoms with Gasteiger partial charge in [0.15, 0.2) is 5.76 Å². The minimum absolute atomic E-state index is 0.0158. The Balaban J connectivity index is 1.43. The van der Waals surface area contributed by atoms with Gasteiger partial charge in [0, 0.05) is 30.6 Å². The molecule has 1 fully saturated rings. The molecule has 27 heavy (non-hydrogen) atoms. The molecule has 1 saturated carbocycles. The van der Waals surface area contributed by atoms with E-state index in [9.17, 15) is 4.79 Å². The van der Waals surface area contributed by atoms with Crippen LogP contribution in [0.25, 0.3) is 11.3 Å². The molecule has 6 heteroatoms. The first-order valence-corrected chi connectivity index (χ1v) is 9.00. The number of hydrogen-bond donors (Lipinski definition) is 1. The fraction of sp³-hybridized carbons (Fsp3) is 0.286. The topological polar surface area (TPSA) is 77.2 Å². The van der Waals surface area contributed by atoms with Gasteiger partial charge in [0.25, 0.3) is 0 Å². The number of pyridine rings is 1. The highest BCUT2D eigenvalue weighted by Gasteiger charge is 2.53. The summed E-state index contributed by atoms with van der Waals surface area (Å²) in [6, 6.07) is 13.4. The lowest BCUT2D eigenvalue weighted by Crippen LogP contribution is -2.36. The zero-order valence-corrected chi connectivity index (χ0v) is 15.1. The van der Waals surface area contributed by atoms with Crippen molar-refractivity contribution in [1.82, 2.24) is 15.5 Å². The van der Waals surface area contributed by atoms with Crippen molar-refractivity contribution in [3.63, 3.8) is 0 Å². The van der Waals surface area contributed by atoms with Crippen LogP contribution in [0.2, 0.25) is 0 Å². The van der Waals surface area contributed by atoms with Crippen LogP contribution in [0.4, 0.5) is 0 Å². The smallest absolute Gasteiger partial charge is 0.232 e. The van der Waals surface area contributed by atoms with Gasteiger partial charge in [-0.15, -0.1) is 0 Å². The predicted molar refractivity (Wildman–Crippen MR) is 100 cm³/mol. The number of benzene rings is 1. The molecule has 0 atom stereocenters. The van der Waals surface area contributed by atoms with Crippen molar-refractivity contribution in [2.75, 3.05) is 13.7 Å². The summed E-state index contributed by atoms with van der Waals surface area (Å²) in [7, 11) is 1.63. The third-order valence-electron chi connectivity index (χ3n) is 4.99. The van der Waals surface area contributed by atoms with E-state index < -0.39 is 5.41 Å². The number of carbonyl (C=O) groups excluding carboxylic acids is 1. The number of nitrogens with zero attached hydrogens (tertiary/aromatic N) is 2. The zero-order valence-electron chi connectivity index (χ0n) is 15.1. The van der Waals surface area contributed by atoms with Crippen LogP contribution in [0.5, 0.6) is 5.75 Å². The Morgan fingerprint density at radius 1 is 1.22 bits per heavy atom. The number of carbonyl (C=O) groups is 1. The van der Waals surface area contributed by atoms with Crippen molar-refractivity contribution in [3.05, 3.63) is 66.1 Å². The zero-order chi connectivity index (χ0) is 18.7. The molecule has 6 nitrogen and oxygen atoms in total. The molecule has 0 aliphatic heterocycles. The van der Waals surface area contributed by atoms with Gasteiger partial charge < -0.3 is 14.6 Å². The Kier molecular flexibility index (Phi) is 4.62. The van der Waals surface area contributed by atoms with E-state index in [0.717, 1.165) is 36.1 Å². The van der Waals surface area contributed by atoms with Crippen LogP contribution in [-0.2, 0) is 16.6 Å². The van der Waals surface area contributed by atoms with Crippen LogP contribution in [-0.4, -0.2) is 29.7 Å². The summed E-state index contributed by atoms with van der Waals surface area (Å²) in [5, 5.41) is 7.22. The van der Waals surface area contributed by atoms with E-state index in [1.54, 1.807) is 19.5 Å². The van der Waals surface area contributed by atoms with Gasteiger partial charge in [-0.25, -0.2) is 0 Å². The van der Waals surface area contributed by atoms with E-state index in [4.69, 9.17) is 9.26 Å². The fourth-order valence-corrected chi connectivity index (χ4v) is 3.18. The quantitative estimate of drug-likeness (QED) is 0.698. The summed E-state index contributed by atoms with van der Waals surface area (Å²) < 4.78 is 10.8. The molecule has 4 rings (SSSR count). The molecule has 138 valence electrons. The lowest BCUT2D eigenvalue weighted by Gasteiger charge is -2.12. The Labute approximate surface area is 157 Å². The summed E-state index contributed by atoms with van der Waals surface area (Å²) in [5.41, 5.74) is 2.17. The number of aromatic nitrogens is 2. The third-order valence-corrected chi connectivity index (χ3v) is 4.99. The molecule has 0 saturated heterocycles. The molecular formula is C21H21N3O3. The molecule has 1 amide bonds. The van der Waals surface area contributed by atoms with Gasteiger partial charge in [-0.3, -0.25) is 9.78 Å². The van der Waals surface area contributed by atoms with E-state index >= 15 is 0 Å². The second kappa shape index (κ2) is 7.23. The molecule has 0 unspecified atom stereocenters. The number of nitrogens with one attached hydrogen (secondary N) is 1. The van der Waals surface area contributed by atoms with Crippen molar-refractivity contribution in [3.8, 4) is 17.1 Å². The molecule has 0 bridgehead atoms. The molecule has 2 heterocycles. The molecular weight excluding hydrogens is 342 g/mol. The average molecular weight is 363 g/mol. The standard InChI is InChI=1S/C21H21N3O3/c1-26-17-4-2-3-16(13-17)18-14-19(24-27-18)21(8-9-21)20(25)23-12-7-15-5-10-22-11-6-15/h2-6,10-11,13-14H,7-9,12H2,1H3,(H,23,25). The minimum Gasteiger partial charge on any atom is -0.497 e. The summed E-state index contributed by atoms with van der Waals surface area (Å²) in [4.78, 5) is 16.7. The first kappa shape index (κ1) is 17.3. The van der Waals surface area contributed by atoms with E-state index in [2.05, 4.69) is 15.5 Å². The summed E-state index contributed by atoms with van der Waals surface area (Å²) in [6.45, 7) is 0.588. The normalized spacial score (nSPS) is 14.6. The number of rotatable bonds is 7. The summed E-state index contributed by atoms with van der Waals surface area (Å²) in [6.07, 6.45) is 5.87. The number of hydrogen-bond acceptors (Lipinski definition) is 5. The van der Waals surface area contributed by atoms with Crippen LogP contribution in [0, 0.1) is 0 Å². The largest absolute Gasteiger partial charge is 0.497 e. The molecule has 0 spiro atoms. The van der Waals surface area contributed by atoms with Crippen LogP contribution < -0.4 is 10.1 Å². The van der Waals surface area contributed by atoms with Gasteiger partial charge >= 0.3 is 0 Å². The second-order valence-corrected chi connectivity index (χ2v) is 6.75. The molecule has 2 aromatic heterocycles. The molecule has 3 aromatic rings. The highest BCUT2D eigenvalue weighted by atomic mass is 16.5. The molecule has 0 radical (unpaired) electrons. The molecule has 1 aliphatic carbocycles. The Bertz CT molecular complexity index is 933. The number of ether oxygens (including phenoxy) is 1. The Morgan fingerprint density at radius 2 is 2.04 bits per heavy atom. The van der Waals surface area contributed by atoms with E-state index in [1.807, 2.05) is 42.5 Å². The first-order chi connectivity index (χ1) is 13.2. The highest BCUT2D eigenvalue weighted by Crippen LogP contribution is 2.48. The highest BCUT2D eigenvalue weighted by molar-refractivity contribution is 5.91. The minimum atomic E-state index is -0.557. The van der Waals surface area contributed by atoms with Crippen molar-refractivity contribution in [2.24, 2.45) is 0 Å². The van der Waals surface area contributed by atoms with Gasteiger partial charge in [0.05, 0.1) is 18.2 Å². The van der Waals surface area contributed by atoms with E-state index in [1.165, 1.54) is 0 Å². The molecule has 1 aliphatic rings. The van der Waals surface area contributed by atoms with Gasteiger partial charge in [-0.1, -0.05) is 17.3 Å². The van der Waals surface area contributed by atoms with Crippen molar-refractivity contribution in [1.29, 1.82) is 0 Å². The summed E-state index contributed by atoms with van der Waals surface area (Å²) in [5.74, 6) is 1.40. The Hall–Kier alpha value is -3.15. The van der Waals surface area contributed by atoms with Crippen molar-refractivity contribution in [2.45, 2.75) is 24.7 Å². The van der Waals surface area contributed by atoms with Crippen LogP contribution in [0.15, 0.2) is 59.4 Å². The lowest BCUT2D eigenvalue weighted by molar-refractivity contribution is -0.123. The van der Waals surface area contributed by atoms with Crippen LogP contribution in [0.3, 0.4) is 0 Å². The van der Waals surface area contributed by atoms with E-state index in [-0.39, 0.29) is 5.91 Å². The maximum Gasteiger partial charge on any atom is 0.232 e. The third kappa shape index (κ3) is 3.56. The van der Waals surface area contributed by atoms with Gasteiger partial charge in [0.1, 0.15) is 5.75 Å². The number of amides is 1. The predicted octanol–water partition coefficient (Wildman–Crippen LogP) is 3.14. The van der Waals surface area contributed by atoms with Gasteiger partial charge in [-0.05, 0) is 49.1 Å². The maximum atomic E-state index is 12.7. The summed E-state index contributed by atoms with van der Waals surface area (Å²) >= 11 is 0. The van der Waals surface area contributed by atoms with E-state index in [0.29, 0.717) is 18.0 Å². The molecule has 1 N–H and O–H groups in total. The molecule has 1 aromatic carbocycles.